The number of halogens is 1. The molecule has 1 aromatic heterocycles. The first kappa shape index (κ1) is 13.5. The first-order valence-electron chi connectivity index (χ1n) is 7.28. The summed E-state index contributed by atoms with van der Waals surface area (Å²) in [6, 6.07) is 1.10. The molecule has 0 aliphatic heterocycles. The van der Waals surface area contributed by atoms with Gasteiger partial charge in [-0.1, -0.05) is 11.6 Å². The van der Waals surface area contributed by atoms with Crippen LogP contribution in [-0.4, -0.2) is 21.1 Å². The van der Waals surface area contributed by atoms with Crippen LogP contribution in [0.4, 0.5) is 5.69 Å². The number of carbonyl (C=O) groups excluding carboxylic acids is 2. The number of hydrogen-bond donors (Lipinski definition) is 1. The zero-order chi connectivity index (χ0) is 16.9. The molecule has 1 atom stereocenters. The van der Waals surface area contributed by atoms with Crippen LogP contribution in [0.5, 0.6) is 0 Å². The fourth-order valence-corrected chi connectivity index (χ4v) is 2.96. The lowest BCUT2D eigenvalue weighted by Gasteiger charge is -2.24. The van der Waals surface area contributed by atoms with Crippen LogP contribution in [0.3, 0.4) is 0 Å². The maximum Gasteiger partial charge on any atom is 0.264 e. The van der Waals surface area contributed by atoms with Crippen LogP contribution in [0.2, 0.25) is 5.02 Å². The van der Waals surface area contributed by atoms with Crippen molar-refractivity contribution in [3.63, 3.8) is 0 Å². The third-order valence-corrected chi connectivity index (χ3v) is 3.94. The van der Waals surface area contributed by atoms with E-state index in [0.717, 1.165) is 4.57 Å². The summed E-state index contributed by atoms with van der Waals surface area (Å²) >= 11 is 5.93. The van der Waals surface area contributed by atoms with Gasteiger partial charge in [-0.25, -0.2) is 4.98 Å². The van der Waals surface area contributed by atoms with Gasteiger partial charge in [-0.3, -0.25) is 19.0 Å². The maximum absolute atomic E-state index is 12.9. The lowest BCUT2D eigenvalue weighted by molar-refractivity contribution is -0.132. The molecule has 1 aromatic carbocycles. The van der Waals surface area contributed by atoms with Gasteiger partial charge in [0.05, 0.1) is 24.7 Å². The zero-order valence-corrected chi connectivity index (χ0v) is 12.6. The minimum atomic E-state index is -1.83. The Morgan fingerprint density at radius 3 is 2.82 bits per heavy atom. The summed E-state index contributed by atoms with van der Waals surface area (Å²) in [4.78, 5) is 40.8. The Hall–Kier alpha value is -2.21. The number of rotatable bonds is 1. The molecule has 0 amide bonds. The minimum absolute atomic E-state index is 0.0495. The van der Waals surface area contributed by atoms with Crippen LogP contribution >= 0.6 is 11.6 Å². The number of nitrogens with two attached hydrogens (primary N) is 1. The van der Waals surface area contributed by atoms with Gasteiger partial charge in [0, 0.05) is 17.1 Å². The molecule has 0 spiro atoms. The highest BCUT2D eigenvalue weighted by Gasteiger charge is 2.30. The van der Waals surface area contributed by atoms with Crippen molar-refractivity contribution in [1.82, 2.24) is 9.55 Å². The molecule has 114 valence electrons. The average Bonchev–Trinajstić information content (AvgIpc) is 2.42. The molecule has 1 saturated carbocycles. The second-order valence-corrected chi connectivity index (χ2v) is 5.71. The van der Waals surface area contributed by atoms with Gasteiger partial charge in [-0.15, -0.1) is 0 Å². The first-order valence-corrected chi connectivity index (χ1v) is 7.15. The van der Waals surface area contributed by atoms with Crippen molar-refractivity contribution in [3.8, 4) is 0 Å². The monoisotopic (exact) mass is 320 g/mol. The quantitative estimate of drug-likeness (QED) is 0.638. The van der Waals surface area contributed by atoms with Crippen molar-refractivity contribution in [3.05, 3.63) is 33.3 Å². The number of carbonyl (C=O) groups is 2. The van der Waals surface area contributed by atoms with E-state index in [1.807, 2.05) is 0 Å². The van der Waals surface area contributed by atoms with Crippen LogP contribution in [0.25, 0.3) is 10.9 Å². The number of Topliss-reactive ketones (excluding diaryl/α,β-unsaturated/α-hetero) is 2. The summed E-state index contributed by atoms with van der Waals surface area (Å²) in [6.07, 6.45) is -0.315. The number of hydrogen-bond acceptors (Lipinski definition) is 5. The van der Waals surface area contributed by atoms with E-state index < -0.39 is 17.4 Å². The molecule has 1 heterocycles. The smallest absolute Gasteiger partial charge is 0.264 e. The number of anilines is 1. The van der Waals surface area contributed by atoms with Gasteiger partial charge in [-0.2, -0.15) is 0 Å². The largest absolute Gasteiger partial charge is 0.398 e. The fraction of sp³-hybridized carbons (Fsp3) is 0.333. The van der Waals surface area contributed by atoms with E-state index in [4.69, 9.17) is 18.7 Å². The van der Waals surface area contributed by atoms with Crippen molar-refractivity contribution >= 4 is 39.8 Å². The highest BCUT2D eigenvalue weighted by Crippen LogP contribution is 2.26. The molecule has 6 nitrogen and oxygen atoms in total. The van der Waals surface area contributed by atoms with E-state index >= 15 is 0 Å². The number of aryl methyl sites for hydroxylation is 1. The Kier molecular flexibility index (Phi) is 3.18. The molecular formula is C15H14ClN3O3. The van der Waals surface area contributed by atoms with Gasteiger partial charge >= 0.3 is 0 Å². The Labute approximate surface area is 132 Å². The second-order valence-electron chi connectivity index (χ2n) is 5.27. The number of nitrogens with zero attached hydrogens (tertiary/aromatic N) is 2. The summed E-state index contributed by atoms with van der Waals surface area (Å²) in [7, 11) is 0. The number of benzene rings is 1. The van der Waals surface area contributed by atoms with Crippen molar-refractivity contribution < 1.29 is 11.0 Å². The Bertz CT molecular complexity index is 924. The van der Waals surface area contributed by atoms with Gasteiger partial charge in [-0.05, 0) is 25.5 Å². The van der Waals surface area contributed by atoms with Gasteiger partial charge < -0.3 is 5.73 Å². The molecule has 2 aromatic rings. The van der Waals surface area contributed by atoms with E-state index in [1.54, 1.807) is 0 Å². The summed E-state index contributed by atoms with van der Waals surface area (Å²) in [6.45, 7) is 1.54. The van der Waals surface area contributed by atoms with Gasteiger partial charge in [0.1, 0.15) is 11.6 Å². The summed E-state index contributed by atoms with van der Waals surface area (Å²) in [5.41, 5.74) is 5.75. The highest BCUT2D eigenvalue weighted by atomic mass is 35.5. The molecule has 7 heteroatoms. The average molecular weight is 321 g/mol. The summed E-state index contributed by atoms with van der Waals surface area (Å²) < 4.78 is 9.52. The van der Waals surface area contributed by atoms with Gasteiger partial charge in [0.25, 0.3) is 5.56 Å². The topological polar surface area (TPSA) is 95.1 Å². The van der Waals surface area contributed by atoms with E-state index in [0.29, 0.717) is 10.5 Å². The van der Waals surface area contributed by atoms with Crippen molar-refractivity contribution in [2.75, 3.05) is 5.73 Å². The van der Waals surface area contributed by atoms with E-state index in [9.17, 15) is 14.4 Å². The molecular weight excluding hydrogens is 306 g/mol. The Morgan fingerprint density at radius 1 is 1.41 bits per heavy atom. The third-order valence-electron chi connectivity index (χ3n) is 3.73. The summed E-state index contributed by atoms with van der Waals surface area (Å²) in [5.74, 6) is -0.613. The van der Waals surface area contributed by atoms with Crippen molar-refractivity contribution in [1.29, 1.82) is 0 Å². The van der Waals surface area contributed by atoms with Gasteiger partial charge in [0.15, 0.2) is 5.78 Å². The molecule has 0 bridgehead atoms. The predicted octanol–water partition coefficient (Wildman–Crippen LogP) is 1.80. The number of ketones is 2. The van der Waals surface area contributed by atoms with Gasteiger partial charge in [0.2, 0.25) is 0 Å². The SMILES string of the molecule is [2H][C@@]1(n2c(C)nc3cc(Cl)cc(N)c3c2=O)CCC(=O)CC1=O. The molecule has 1 aliphatic rings. The normalized spacial score (nSPS) is 22.9. The standard InChI is InChI=1S/C15H14ClN3O3/c1-7-18-11-5-8(16)4-10(17)14(11)15(22)19(7)12-3-2-9(20)6-13(12)21/h4-5,12H,2-3,6,17H2,1H3/t12-/m1/s1/i12D. The lowest BCUT2D eigenvalue weighted by atomic mass is 9.92. The van der Waals surface area contributed by atoms with E-state index in [1.165, 1.54) is 19.1 Å². The molecule has 0 saturated heterocycles. The van der Waals surface area contributed by atoms with E-state index in [2.05, 4.69) is 4.98 Å². The van der Waals surface area contributed by atoms with Crippen LogP contribution in [0, 0.1) is 6.92 Å². The summed E-state index contributed by atoms with van der Waals surface area (Å²) in [5, 5.41) is 0.468. The highest BCUT2D eigenvalue weighted by molar-refractivity contribution is 6.31. The number of fused-ring (bicyclic) bond motifs is 1. The zero-order valence-electron chi connectivity index (χ0n) is 12.9. The first-order chi connectivity index (χ1) is 10.7. The van der Waals surface area contributed by atoms with Crippen LogP contribution in [-0.2, 0) is 9.59 Å². The number of aromatic nitrogens is 2. The molecule has 1 aliphatic carbocycles. The molecule has 2 N–H and O–H groups in total. The maximum atomic E-state index is 12.9. The minimum Gasteiger partial charge on any atom is -0.398 e. The predicted molar refractivity (Wildman–Crippen MR) is 83.1 cm³/mol. The lowest BCUT2D eigenvalue weighted by Crippen LogP contribution is -2.36. The third kappa shape index (κ3) is 2.29. The Balaban J connectivity index is 2.33. The number of nitrogen functional groups attached to an aromatic ring is 1. The van der Waals surface area contributed by atoms with Crippen molar-refractivity contribution in [2.24, 2.45) is 0 Å². The second kappa shape index (κ2) is 5.21. The Morgan fingerprint density at radius 2 is 2.14 bits per heavy atom. The van der Waals surface area contributed by atoms with Crippen LogP contribution in [0.15, 0.2) is 16.9 Å². The molecule has 22 heavy (non-hydrogen) atoms. The molecule has 0 radical (unpaired) electrons. The molecule has 3 rings (SSSR count). The van der Waals surface area contributed by atoms with Crippen LogP contribution in [0.1, 0.15) is 32.5 Å². The molecule has 1 fully saturated rings. The molecule has 0 unspecified atom stereocenters. The fourth-order valence-electron chi connectivity index (χ4n) is 2.74. The van der Waals surface area contributed by atoms with E-state index in [-0.39, 0.29) is 41.9 Å². The van der Waals surface area contributed by atoms with Crippen molar-refractivity contribution in [2.45, 2.75) is 32.2 Å². The van der Waals surface area contributed by atoms with Crippen LogP contribution < -0.4 is 11.3 Å².